The first kappa shape index (κ1) is 12.2. The Balaban J connectivity index is 2.90. The van der Waals surface area contributed by atoms with Gasteiger partial charge in [-0.3, -0.25) is 0 Å². The lowest BCUT2D eigenvalue weighted by Gasteiger charge is -2.06. The van der Waals surface area contributed by atoms with E-state index in [0.717, 1.165) is 18.7 Å². The molecule has 0 saturated heterocycles. The fourth-order valence-electron chi connectivity index (χ4n) is 1.21. The molecule has 0 aromatic carbocycles. The molecule has 1 N–H and O–H groups in total. The summed E-state index contributed by atoms with van der Waals surface area (Å²) >= 11 is 5.55. The molecule has 0 heterocycles. The Bertz CT molecular complexity index is 85.9. The summed E-state index contributed by atoms with van der Waals surface area (Å²) < 4.78 is 0. The number of halogens is 1. The minimum atomic E-state index is 0.335. The van der Waals surface area contributed by atoms with E-state index < -0.39 is 0 Å². The molecule has 0 amide bonds. The average Bonchev–Trinajstić information content (AvgIpc) is 2.10. The Kier molecular flexibility index (Phi) is 9.53. The zero-order chi connectivity index (χ0) is 9.23. The Labute approximate surface area is 81.1 Å². The van der Waals surface area contributed by atoms with Gasteiger partial charge in [-0.1, -0.05) is 32.6 Å². The molecule has 0 radical (unpaired) electrons. The van der Waals surface area contributed by atoms with Gasteiger partial charge >= 0.3 is 0 Å². The Morgan fingerprint density at radius 3 is 2.25 bits per heavy atom. The number of rotatable bonds is 8. The Hall–Kier alpha value is 0.250. The third kappa shape index (κ3) is 8.35. The summed E-state index contributed by atoms with van der Waals surface area (Å²) in [5.41, 5.74) is 0. The molecule has 1 atom stereocenters. The molecule has 1 unspecified atom stereocenters. The molecule has 0 saturated carbocycles. The molecule has 0 aromatic rings. The molecular formula is C10H21ClO. The van der Waals surface area contributed by atoms with Crippen molar-refractivity contribution in [2.24, 2.45) is 5.92 Å². The lowest BCUT2D eigenvalue weighted by Crippen LogP contribution is -1.99. The molecule has 0 bridgehead atoms. The minimum absolute atomic E-state index is 0.335. The van der Waals surface area contributed by atoms with E-state index in [-0.39, 0.29) is 0 Å². The Morgan fingerprint density at radius 1 is 1.08 bits per heavy atom. The van der Waals surface area contributed by atoms with E-state index in [0.29, 0.717) is 12.5 Å². The van der Waals surface area contributed by atoms with Gasteiger partial charge in [0, 0.05) is 12.5 Å². The van der Waals surface area contributed by atoms with E-state index in [9.17, 15) is 0 Å². The maximum absolute atomic E-state index is 8.76. The normalized spacial score (nSPS) is 13.2. The number of hydrogen-bond donors (Lipinski definition) is 1. The molecule has 74 valence electrons. The van der Waals surface area contributed by atoms with Gasteiger partial charge in [0.05, 0.1) is 0 Å². The lowest BCUT2D eigenvalue weighted by molar-refractivity contribution is 0.227. The Morgan fingerprint density at radius 2 is 1.67 bits per heavy atom. The van der Waals surface area contributed by atoms with Crippen molar-refractivity contribution in [3.63, 3.8) is 0 Å². The van der Waals surface area contributed by atoms with Gasteiger partial charge in [-0.25, -0.2) is 0 Å². The second kappa shape index (κ2) is 9.34. The van der Waals surface area contributed by atoms with Crippen molar-refractivity contribution < 1.29 is 5.11 Å². The number of unbranched alkanes of at least 4 members (excludes halogenated alkanes) is 4. The van der Waals surface area contributed by atoms with Gasteiger partial charge in [-0.15, -0.1) is 11.6 Å². The number of alkyl halides is 1. The minimum Gasteiger partial charge on any atom is -0.396 e. The molecule has 0 aliphatic rings. The molecule has 0 aliphatic heterocycles. The van der Waals surface area contributed by atoms with Crippen LogP contribution in [0.15, 0.2) is 0 Å². The van der Waals surface area contributed by atoms with Gasteiger partial charge in [-0.2, -0.15) is 0 Å². The summed E-state index contributed by atoms with van der Waals surface area (Å²) in [5.74, 6) is 1.28. The van der Waals surface area contributed by atoms with Gasteiger partial charge in [0.25, 0.3) is 0 Å². The van der Waals surface area contributed by atoms with E-state index in [2.05, 4.69) is 6.92 Å². The first-order valence-corrected chi connectivity index (χ1v) is 5.51. The van der Waals surface area contributed by atoms with Crippen LogP contribution in [-0.4, -0.2) is 17.6 Å². The topological polar surface area (TPSA) is 20.2 Å². The van der Waals surface area contributed by atoms with Crippen LogP contribution in [0, 0.1) is 5.92 Å². The molecule has 2 heteroatoms. The van der Waals surface area contributed by atoms with Gasteiger partial charge in [0.1, 0.15) is 0 Å². The van der Waals surface area contributed by atoms with Crippen LogP contribution in [0.1, 0.15) is 45.4 Å². The number of aliphatic hydroxyl groups excluding tert-OH is 1. The third-order valence-electron chi connectivity index (χ3n) is 2.14. The molecule has 0 aromatic heterocycles. The van der Waals surface area contributed by atoms with Crippen LogP contribution in [0.3, 0.4) is 0 Å². The monoisotopic (exact) mass is 192 g/mol. The van der Waals surface area contributed by atoms with Crippen molar-refractivity contribution in [1.82, 2.24) is 0 Å². The smallest absolute Gasteiger partial charge is 0.0456 e. The summed E-state index contributed by atoms with van der Waals surface area (Å²) in [5, 5.41) is 8.76. The van der Waals surface area contributed by atoms with E-state index in [4.69, 9.17) is 16.7 Å². The highest BCUT2D eigenvalue weighted by atomic mass is 35.5. The highest BCUT2D eigenvalue weighted by Gasteiger charge is 1.98. The largest absolute Gasteiger partial charge is 0.396 e. The second-order valence-corrected chi connectivity index (χ2v) is 3.91. The molecule has 1 nitrogen and oxygen atoms in total. The summed E-state index contributed by atoms with van der Waals surface area (Å²) in [6, 6.07) is 0. The zero-order valence-electron chi connectivity index (χ0n) is 8.06. The highest BCUT2D eigenvalue weighted by Crippen LogP contribution is 2.10. The maximum atomic E-state index is 8.76. The summed E-state index contributed by atoms with van der Waals surface area (Å²) in [7, 11) is 0. The maximum Gasteiger partial charge on any atom is 0.0456 e. The van der Waals surface area contributed by atoms with Crippen LogP contribution in [0.25, 0.3) is 0 Å². The molecule has 0 aliphatic carbocycles. The summed E-state index contributed by atoms with van der Waals surface area (Å²) in [4.78, 5) is 0. The first-order valence-electron chi connectivity index (χ1n) is 4.98. The summed E-state index contributed by atoms with van der Waals surface area (Å²) in [6.45, 7) is 2.43. The number of aliphatic hydroxyl groups is 1. The van der Waals surface area contributed by atoms with E-state index in [1.54, 1.807) is 0 Å². The van der Waals surface area contributed by atoms with Crippen molar-refractivity contribution in [2.45, 2.75) is 45.4 Å². The van der Waals surface area contributed by atoms with E-state index in [1.165, 1.54) is 25.7 Å². The summed E-state index contributed by atoms with van der Waals surface area (Å²) in [6.07, 6.45) is 7.42. The predicted molar refractivity (Wildman–Crippen MR) is 54.7 cm³/mol. The predicted octanol–water partition coefficient (Wildman–Crippen LogP) is 3.19. The molecule has 0 fully saturated rings. The van der Waals surface area contributed by atoms with Crippen LogP contribution < -0.4 is 0 Å². The molecular weight excluding hydrogens is 172 g/mol. The van der Waals surface area contributed by atoms with Crippen molar-refractivity contribution in [1.29, 1.82) is 0 Å². The van der Waals surface area contributed by atoms with Crippen LogP contribution in [0.2, 0.25) is 0 Å². The van der Waals surface area contributed by atoms with E-state index >= 15 is 0 Å². The SMILES string of the molecule is CC(CO)CCCCCCCCl. The van der Waals surface area contributed by atoms with Crippen molar-refractivity contribution in [3.05, 3.63) is 0 Å². The van der Waals surface area contributed by atoms with Crippen LogP contribution in [0.4, 0.5) is 0 Å². The van der Waals surface area contributed by atoms with Gasteiger partial charge < -0.3 is 5.11 Å². The van der Waals surface area contributed by atoms with Crippen molar-refractivity contribution >= 4 is 11.6 Å². The third-order valence-corrected chi connectivity index (χ3v) is 2.41. The molecule has 0 spiro atoms. The van der Waals surface area contributed by atoms with Crippen molar-refractivity contribution in [2.75, 3.05) is 12.5 Å². The zero-order valence-corrected chi connectivity index (χ0v) is 8.82. The first-order chi connectivity index (χ1) is 5.81. The van der Waals surface area contributed by atoms with Crippen LogP contribution in [-0.2, 0) is 0 Å². The average molecular weight is 193 g/mol. The van der Waals surface area contributed by atoms with Gasteiger partial charge in [0.15, 0.2) is 0 Å². The van der Waals surface area contributed by atoms with Gasteiger partial charge in [0.2, 0.25) is 0 Å². The van der Waals surface area contributed by atoms with E-state index in [1.807, 2.05) is 0 Å². The number of hydrogen-bond acceptors (Lipinski definition) is 1. The molecule has 12 heavy (non-hydrogen) atoms. The van der Waals surface area contributed by atoms with Crippen LogP contribution in [0.5, 0.6) is 0 Å². The van der Waals surface area contributed by atoms with Gasteiger partial charge in [-0.05, 0) is 18.8 Å². The molecule has 0 rings (SSSR count). The fourth-order valence-corrected chi connectivity index (χ4v) is 1.40. The second-order valence-electron chi connectivity index (χ2n) is 3.53. The van der Waals surface area contributed by atoms with Crippen molar-refractivity contribution in [3.8, 4) is 0 Å². The highest BCUT2D eigenvalue weighted by molar-refractivity contribution is 6.17. The lowest BCUT2D eigenvalue weighted by atomic mass is 10.0. The quantitative estimate of drug-likeness (QED) is 0.463. The standard InChI is InChI=1S/C10H21ClO/c1-10(9-12)7-5-3-2-4-6-8-11/h10,12H,2-9H2,1H3. The van der Waals surface area contributed by atoms with Crippen LogP contribution >= 0.6 is 11.6 Å². The fraction of sp³-hybridized carbons (Fsp3) is 1.00.